The van der Waals surface area contributed by atoms with Crippen LogP contribution < -0.4 is 15.5 Å². The number of thiocarbonyl (C=S) groups is 1. The fourth-order valence-electron chi connectivity index (χ4n) is 2.68. The summed E-state index contributed by atoms with van der Waals surface area (Å²) in [7, 11) is 0. The lowest BCUT2D eigenvalue weighted by molar-refractivity contribution is -0.117. The Morgan fingerprint density at radius 1 is 1.21 bits per heavy atom. The molecule has 24 heavy (non-hydrogen) atoms. The molecule has 6 heteroatoms. The van der Waals surface area contributed by atoms with Gasteiger partial charge in [-0.2, -0.15) is 0 Å². The number of carbonyl (C=O) groups excluding carboxylic acids is 1. The van der Waals surface area contributed by atoms with Crippen LogP contribution in [-0.4, -0.2) is 17.6 Å². The number of amides is 1. The van der Waals surface area contributed by atoms with Crippen LogP contribution in [0.5, 0.6) is 0 Å². The first-order valence-electron chi connectivity index (χ1n) is 7.81. The van der Waals surface area contributed by atoms with E-state index >= 15 is 0 Å². The third kappa shape index (κ3) is 4.24. The van der Waals surface area contributed by atoms with Crippen molar-refractivity contribution in [3.63, 3.8) is 0 Å². The number of nitrogens with one attached hydrogen (secondary N) is 2. The van der Waals surface area contributed by atoms with E-state index in [0.717, 1.165) is 29.9 Å². The summed E-state index contributed by atoms with van der Waals surface area (Å²) >= 11 is 11.3. The summed E-state index contributed by atoms with van der Waals surface area (Å²) in [6.07, 6.45) is 1.56. The fraction of sp³-hybridized carbons (Fsp3) is 0.222. The van der Waals surface area contributed by atoms with E-state index in [-0.39, 0.29) is 5.91 Å². The van der Waals surface area contributed by atoms with Crippen LogP contribution >= 0.6 is 23.8 Å². The standard InChI is InChI=1S/C18H18ClN3OS/c19-14-5-2-6-15(11-14)21-18(24)20-12-13-4-1-7-16(10-13)22-9-3-8-17(22)23/h1-2,4-7,10-11H,3,8-9,12H2,(H2,20,21,24). The molecule has 1 amide bonds. The van der Waals surface area contributed by atoms with Crippen LogP contribution in [0.4, 0.5) is 11.4 Å². The number of carbonyl (C=O) groups is 1. The second-order valence-electron chi connectivity index (χ2n) is 5.64. The zero-order valence-electron chi connectivity index (χ0n) is 13.1. The number of nitrogens with zero attached hydrogens (tertiary/aromatic N) is 1. The number of hydrogen-bond donors (Lipinski definition) is 2. The van der Waals surface area contributed by atoms with Gasteiger partial charge in [0.2, 0.25) is 5.91 Å². The summed E-state index contributed by atoms with van der Waals surface area (Å²) in [6.45, 7) is 1.38. The molecule has 0 bridgehead atoms. The molecule has 124 valence electrons. The number of benzene rings is 2. The number of rotatable bonds is 4. The van der Waals surface area contributed by atoms with Crippen LogP contribution in [-0.2, 0) is 11.3 Å². The fourth-order valence-corrected chi connectivity index (χ4v) is 3.06. The molecule has 2 aromatic rings. The number of anilines is 2. The van der Waals surface area contributed by atoms with Gasteiger partial charge in [-0.05, 0) is 54.5 Å². The van der Waals surface area contributed by atoms with Gasteiger partial charge in [-0.25, -0.2) is 0 Å². The maximum absolute atomic E-state index is 11.9. The van der Waals surface area contributed by atoms with Gasteiger partial charge in [-0.3, -0.25) is 4.79 Å². The molecule has 1 saturated heterocycles. The molecule has 0 aromatic heterocycles. The largest absolute Gasteiger partial charge is 0.358 e. The average Bonchev–Trinajstić information content (AvgIpc) is 2.99. The van der Waals surface area contributed by atoms with E-state index in [2.05, 4.69) is 10.6 Å². The minimum Gasteiger partial charge on any atom is -0.358 e. The van der Waals surface area contributed by atoms with Crippen molar-refractivity contribution >= 4 is 46.2 Å². The highest BCUT2D eigenvalue weighted by Gasteiger charge is 2.21. The van der Waals surface area contributed by atoms with Gasteiger partial charge in [0.15, 0.2) is 5.11 Å². The maximum Gasteiger partial charge on any atom is 0.227 e. The Morgan fingerprint density at radius 2 is 2.04 bits per heavy atom. The molecule has 1 aliphatic rings. The molecule has 2 N–H and O–H groups in total. The van der Waals surface area contributed by atoms with Crippen LogP contribution in [0, 0.1) is 0 Å². The van der Waals surface area contributed by atoms with Gasteiger partial charge in [0.05, 0.1) is 0 Å². The summed E-state index contributed by atoms with van der Waals surface area (Å²) in [5.41, 5.74) is 2.87. The van der Waals surface area contributed by atoms with Gasteiger partial charge in [0, 0.05) is 35.9 Å². The van der Waals surface area contributed by atoms with Crippen LogP contribution in [0.3, 0.4) is 0 Å². The minimum absolute atomic E-state index is 0.193. The monoisotopic (exact) mass is 359 g/mol. The average molecular weight is 360 g/mol. The van der Waals surface area contributed by atoms with Gasteiger partial charge >= 0.3 is 0 Å². The Balaban J connectivity index is 1.58. The summed E-state index contributed by atoms with van der Waals surface area (Å²) in [4.78, 5) is 13.7. The Labute approximate surface area is 151 Å². The highest BCUT2D eigenvalue weighted by molar-refractivity contribution is 7.80. The first-order chi connectivity index (χ1) is 11.6. The minimum atomic E-state index is 0.193. The van der Waals surface area contributed by atoms with Crippen molar-refractivity contribution in [2.45, 2.75) is 19.4 Å². The molecule has 3 rings (SSSR count). The van der Waals surface area contributed by atoms with Crippen molar-refractivity contribution < 1.29 is 4.79 Å². The molecular formula is C18H18ClN3OS. The van der Waals surface area contributed by atoms with Gasteiger partial charge in [-0.15, -0.1) is 0 Å². The van der Waals surface area contributed by atoms with Crippen molar-refractivity contribution in [3.05, 3.63) is 59.1 Å². The molecule has 0 saturated carbocycles. The summed E-state index contributed by atoms with van der Waals surface area (Å²) in [6, 6.07) is 15.4. The molecule has 0 atom stereocenters. The molecule has 1 heterocycles. The van der Waals surface area contributed by atoms with E-state index in [0.29, 0.717) is 23.1 Å². The van der Waals surface area contributed by atoms with E-state index in [1.54, 1.807) is 0 Å². The van der Waals surface area contributed by atoms with Crippen molar-refractivity contribution in [2.24, 2.45) is 0 Å². The van der Waals surface area contributed by atoms with Gasteiger partial charge in [0.1, 0.15) is 0 Å². The molecule has 1 aliphatic heterocycles. The van der Waals surface area contributed by atoms with Crippen molar-refractivity contribution in [3.8, 4) is 0 Å². The third-order valence-corrected chi connectivity index (χ3v) is 4.31. The van der Waals surface area contributed by atoms with Crippen molar-refractivity contribution in [1.82, 2.24) is 5.32 Å². The van der Waals surface area contributed by atoms with E-state index in [1.165, 1.54) is 0 Å². The first-order valence-corrected chi connectivity index (χ1v) is 8.60. The number of halogens is 1. The highest BCUT2D eigenvalue weighted by Crippen LogP contribution is 2.22. The normalized spacial score (nSPS) is 13.9. The van der Waals surface area contributed by atoms with Crippen LogP contribution in [0.1, 0.15) is 18.4 Å². The van der Waals surface area contributed by atoms with Crippen LogP contribution in [0.2, 0.25) is 5.02 Å². The van der Waals surface area contributed by atoms with Crippen LogP contribution in [0.15, 0.2) is 48.5 Å². The lowest BCUT2D eigenvalue weighted by atomic mass is 10.2. The topological polar surface area (TPSA) is 44.4 Å². The highest BCUT2D eigenvalue weighted by atomic mass is 35.5. The molecule has 0 spiro atoms. The van der Waals surface area contributed by atoms with Gasteiger partial charge < -0.3 is 15.5 Å². The van der Waals surface area contributed by atoms with Gasteiger partial charge in [0.25, 0.3) is 0 Å². The quantitative estimate of drug-likeness (QED) is 0.811. The Kier molecular flexibility index (Phi) is 5.33. The summed E-state index contributed by atoms with van der Waals surface area (Å²) in [5.74, 6) is 0.193. The molecule has 0 unspecified atom stereocenters. The van der Waals surface area contributed by atoms with Crippen LogP contribution in [0.25, 0.3) is 0 Å². The third-order valence-electron chi connectivity index (χ3n) is 3.83. The van der Waals surface area contributed by atoms with Gasteiger partial charge in [-0.1, -0.05) is 29.8 Å². The summed E-state index contributed by atoms with van der Waals surface area (Å²) in [5, 5.41) is 7.46. The maximum atomic E-state index is 11.9. The molecule has 0 aliphatic carbocycles. The van der Waals surface area contributed by atoms with E-state index in [4.69, 9.17) is 23.8 Å². The SMILES string of the molecule is O=C1CCCN1c1cccc(CNC(=S)Nc2cccc(Cl)c2)c1. The Hall–Kier alpha value is -2.11. The molecule has 1 fully saturated rings. The zero-order chi connectivity index (χ0) is 16.9. The Morgan fingerprint density at radius 3 is 2.79 bits per heavy atom. The second-order valence-corrected chi connectivity index (χ2v) is 6.48. The Bertz CT molecular complexity index is 765. The molecular weight excluding hydrogens is 342 g/mol. The smallest absolute Gasteiger partial charge is 0.227 e. The van der Waals surface area contributed by atoms with Crippen molar-refractivity contribution in [2.75, 3.05) is 16.8 Å². The molecule has 0 radical (unpaired) electrons. The molecule has 4 nitrogen and oxygen atoms in total. The predicted molar refractivity (Wildman–Crippen MR) is 103 cm³/mol. The van der Waals surface area contributed by atoms with E-state index in [1.807, 2.05) is 53.4 Å². The number of hydrogen-bond acceptors (Lipinski definition) is 2. The van der Waals surface area contributed by atoms with E-state index < -0.39 is 0 Å². The first kappa shape index (κ1) is 16.7. The predicted octanol–water partition coefficient (Wildman–Crippen LogP) is 3.95. The van der Waals surface area contributed by atoms with Crippen molar-refractivity contribution in [1.29, 1.82) is 0 Å². The zero-order valence-corrected chi connectivity index (χ0v) is 14.7. The summed E-state index contributed by atoms with van der Waals surface area (Å²) < 4.78 is 0. The lowest BCUT2D eigenvalue weighted by Crippen LogP contribution is -2.28. The van der Waals surface area contributed by atoms with E-state index in [9.17, 15) is 4.79 Å². The molecule has 2 aromatic carbocycles. The lowest BCUT2D eigenvalue weighted by Gasteiger charge is -2.17. The second kappa shape index (κ2) is 7.64.